The van der Waals surface area contributed by atoms with Crippen molar-refractivity contribution in [1.82, 2.24) is 15.3 Å². The van der Waals surface area contributed by atoms with E-state index in [2.05, 4.69) is 15.3 Å². The first-order valence-electron chi connectivity index (χ1n) is 11.4. The Morgan fingerprint density at radius 2 is 1.83 bits per heavy atom. The number of carbonyl (C=O) groups is 1. The van der Waals surface area contributed by atoms with E-state index in [4.69, 9.17) is 0 Å². The number of nitrogens with one attached hydrogen (secondary N) is 1. The number of rotatable bonds is 6. The Morgan fingerprint density at radius 3 is 2.47 bits per heavy atom. The maximum Gasteiger partial charge on any atom is 0.392 e. The molecule has 2 aromatic rings. The van der Waals surface area contributed by atoms with Crippen molar-refractivity contribution in [1.29, 1.82) is 0 Å². The molecule has 1 aromatic heterocycles. The Hall–Kier alpha value is -2.89. The molecule has 1 heterocycles. The van der Waals surface area contributed by atoms with Crippen LogP contribution >= 0.6 is 0 Å². The van der Waals surface area contributed by atoms with Gasteiger partial charge in [-0.25, -0.2) is 27.2 Å². The van der Waals surface area contributed by atoms with Gasteiger partial charge in [0.15, 0.2) is 9.84 Å². The Kier molecular flexibility index (Phi) is 7.44. The van der Waals surface area contributed by atoms with Crippen molar-refractivity contribution in [3.05, 3.63) is 59.9 Å². The van der Waals surface area contributed by atoms with Crippen LogP contribution in [0, 0.1) is 17.7 Å². The molecule has 6 nitrogen and oxygen atoms in total. The third-order valence-corrected chi connectivity index (χ3v) is 8.94. The molecule has 0 saturated heterocycles. The van der Waals surface area contributed by atoms with Crippen LogP contribution in [0.1, 0.15) is 43.5 Å². The SMILES string of the molecule is O=C(NCc1cc(C2=CCC(C(F)(F)F)CC2)ncn1)[C@@H]1C[C@@H](F)CC1S(=O)(=O)c1ccc(F)cc1. The maximum absolute atomic E-state index is 14.2. The van der Waals surface area contributed by atoms with Gasteiger partial charge in [-0.15, -0.1) is 0 Å². The molecule has 1 N–H and O–H groups in total. The summed E-state index contributed by atoms with van der Waals surface area (Å²) < 4.78 is 92.2. The molecule has 0 spiro atoms. The van der Waals surface area contributed by atoms with E-state index < -0.39 is 51.0 Å². The summed E-state index contributed by atoms with van der Waals surface area (Å²) in [5.74, 6) is -3.80. The summed E-state index contributed by atoms with van der Waals surface area (Å²) in [6.07, 6.45) is -3.56. The van der Waals surface area contributed by atoms with Crippen LogP contribution in [-0.2, 0) is 21.2 Å². The number of benzene rings is 1. The van der Waals surface area contributed by atoms with E-state index >= 15 is 0 Å². The number of hydrogen-bond acceptors (Lipinski definition) is 5. The lowest BCUT2D eigenvalue weighted by Crippen LogP contribution is -2.38. The van der Waals surface area contributed by atoms with E-state index in [-0.39, 0.29) is 43.5 Å². The van der Waals surface area contributed by atoms with E-state index in [9.17, 15) is 35.2 Å². The summed E-state index contributed by atoms with van der Waals surface area (Å²) in [4.78, 5) is 20.9. The zero-order valence-corrected chi connectivity index (χ0v) is 19.8. The van der Waals surface area contributed by atoms with Crippen LogP contribution in [0.4, 0.5) is 22.0 Å². The van der Waals surface area contributed by atoms with Crippen molar-refractivity contribution in [2.75, 3.05) is 0 Å². The van der Waals surface area contributed by atoms with Gasteiger partial charge in [0.1, 0.15) is 18.3 Å². The third-order valence-electron chi connectivity index (χ3n) is 6.69. The molecule has 2 aliphatic carbocycles. The van der Waals surface area contributed by atoms with Gasteiger partial charge in [-0.05, 0) is 68.0 Å². The Balaban J connectivity index is 1.43. The summed E-state index contributed by atoms with van der Waals surface area (Å²) >= 11 is 0. The summed E-state index contributed by atoms with van der Waals surface area (Å²) in [5.41, 5.74) is 1.49. The quantitative estimate of drug-likeness (QED) is 0.438. The van der Waals surface area contributed by atoms with Gasteiger partial charge in [0.2, 0.25) is 5.91 Å². The first-order valence-corrected chi connectivity index (χ1v) is 13.0. The van der Waals surface area contributed by atoms with Gasteiger partial charge in [-0.3, -0.25) is 4.79 Å². The Labute approximate surface area is 205 Å². The molecule has 1 amide bonds. The first-order chi connectivity index (χ1) is 16.9. The van der Waals surface area contributed by atoms with Crippen LogP contribution in [0.5, 0.6) is 0 Å². The number of hydrogen-bond donors (Lipinski definition) is 1. The molecule has 1 fully saturated rings. The van der Waals surface area contributed by atoms with Gasteiger partial charge in [-0.2, -0.15) is 13.2 Å². The molecule has 194 valence electrons. The lowest BCUT2D eigenvalue weighted by molar-refractivity contribution is -0.175. The standard InChI is InChI=1S/C24H24F5N3O3S/c25-16-5-7-19(8-6-16)36(34,35)22-10-17(26)9-20(22)23(33)30-12-18-11-21(32-13-31-18)14-1-3-15(4-2-14)24(27,28)29/h1,5-8,11,13,15,17,20,22H,2-4,9-10,12H2,(H,30,33)/t15?,17-,20-,22?/m1/s1. The van der Waals surface area contributed by atoms with Crippen LogP contribution in [0.2, 0.25) is 0 Å². The minimum absolute atomic E-state index is 0.0403. The molecule has 12 heteroatoms. The summed E-state index contributed by atoms with van der Waals surface area (Å²) in [7, 11) is -4.08. The largest absolute Gasteiger partial charge is 0.392 e. The second-order valence-corrected chi connectivity index (χ2v) is 11.2. The molecule has 4 atom stereocenters. The molecule has 2 unspecified atom stereocenters. The summed E-state index contributed by atoms with van der Waals surface area (Å²) in [6.45, 7) is -0.0937. The van der Waals surface area contributed by atoms with E-state index in [1.54, 1.807) is 6.07 Å². The van der Waals surface area contributed by atoms with Gasteiger partial charge < -0.3 is 5.32 Å². The smallest absolute Gasteiger partial charge is 0.350 e. The third kappa shape index (κ3) is 5.74. The zero-order chi connectivity index (χ0) is 26.1. The molecule has 36 heavy (non-hydrogen) atoms. The maximum atomic E-state index is 14.2. The highest BCUT2D eigenvalue weighted by Gasteiger charge is 2.46. The minimum atomic E-state index is -4.25. The number of nitrogens with zero attached hydrogens (tertiary/aromatic N) is 2. The molecule has 1 saturated carbocycles. The molecule has 1 aromatic carbocycles. The van der Waals surface area contributed by atoms with E-state index in [1.807, 2.05) is 0 Å². The molecule has 0 radical (unpaired) electrons. The predicted octanol–water partition coefficient (Wildman–Crippen LogP) is 4.57. The van der Waals surface area contributed by atoms with Crippen LogP contribution in [0.25, 0.3) is 5.57 Å². The van der Waals surface area contributed by atoms with E-state index in [1.165, 1.54) is 12.4 Å². The fourth-order valence-electron chi connectivity index (χ4n) is 4.70. The van der Waals surface area contributed by atoms with Gasteiger partial charge in [0.25, 0.3) is 0 Å². The van der Waals surface area contributed by atoms with E-state index in [0.717, 1.165) is 24.3 Å². The number of amides is 1. The second kappa shape index (κ2) is 10.2. The fourth-order valence-corrected chi connectivity index (χ4v) is 6.69. The zero-order valence-electron chi connectivity index (χ0n) is 19.0. The highest BCUT2D eigenvalue weighted by atomic mass is 32.2. The average Bonchev–Trinajstić information content (AvgIpc) is 3.25. The predicted molar refractivity (Wildman–Crippen MR) is 120 cm³/mol. The second-order valence-electron chi connectivity index (χ2n) is 9.07. The topological polar surface area (TPSA) is 89.0 Å². The van der Waals surface area contributed by atoms with Crippen LogP contribution in [0.15, 0.2) is 47.6 Å². The van der Waals surface area contributed by atoms with Gasteiger partial charge >= 0.3 is 6.18 Å². The van der Waals surface area contributed by atoms with Crippen molar-refractivity contribution in [3.8, 4) is 0 Å². The summed E-state index contributed by atoms with van der Waals surface area (Å²) in [6, 6.07) is 5.71. The molecule has 0 bridgehead atoms. The Morgan fingerprint density at radius 1 is 1.11 bits per heavy atom. The number of aromatic nitrogens is 2. The number of allylic oxidation sites excluding steroid dienone is 2. The number of halogens is 5. The number of sulfone groups is 1. The highest BCUT2D eigenvalue weighted by molar-refractivity contribution is 7.92. The van der Waals surface area contributed by atoms with Gasteiger partial charge in [0, 0.05) is 0 Å². The Bertz CT molecular complexity index is 1250. The molecular formula is C24H24F5N3O3S. The lowest BCUT2D eigenvalue weighted by atomic mass is 9.88. The first kappa shape index (κ1) is 26.2. The average molecular weight is 530 g/mol. The van der Waals surface area contributed by atoms with Crippen molar-refractivity contribution in [2.24, 2.45) is 11.8 Å². The van der Waals surface area contributed by atoms with Crippen molar-refractivity contribution >= 4 is 21.3 Å². The lowest BCUT2D eigenvalue weighted by Gasteiger charge is -2.24. The molecular weight excluding hydrogens is 505 g/mol. The normalized spacial score (nSPS) is 24.9. The number of carbonyl (C=O) groups excluding carboxylic acids is 1. The van der Waals surface area contributed by atoms with E-state index in [0.29, 0.717) is 17.0 Å². The van der Waals surface area contributed by atoms with Crippen LogP contribution in [0.3, 0.4) is 0 Å². The van der Waals surface area contributed by atoms with Crippen LogP contribution < -0.4 is 5.32 Å². The monoisotopic (exact) mass is 529 g/mol. The van der Waals surface area contributed by atoms with Gasteiger partial charge in [-0.1, -0.05) is 6.08 Å². The molecule has 0 aliphatic heterocycles. The number of alkyl halides is 4. The molecule has 4 rings (SSSR count). The summed E-state index contributed by atoms with van der Waals surface area (Å²) in [5, 5.41) is 1.29. The van der Waals surface area contributed by atoms with Crippen molar-refractivity contribution in [3.63, 3.8) is 0 Å². The van der Waals surface area contributed by atoms with Gasteiger partial charge in [0.05, 0.1) is 39.9 Å². The van der Waals surface area contributed by atoms with Crippen molar-refractivity contribution < 1.29 is 35.2 Å². The fraction of sp³-hybridized carbons (Fsp3) is 0.458. The highest BCUT2D eigenvalue weighted by Crippen LogP contribution is 2.39. The molecule has 2 aliphatic rings. The van der Waals surface area contributed by atoms with Crippen molar-refractivity contribution in [2.45, 2.75) is 61.1 Å². The minimum Gasteiger partial charge on any atom is -0.350 e. The van der Waals surface area contributed by atoms with Crippen LogP contribution in [-0.4, -0.2) is 41.9 Å².